The van der Waals surface area contributed by atoms with Gasteiger partial charge < -0.3 is 9.47 Å². The molecule has 16 heavy (non-hydrogen) atoms. The smallest absolute Gasteiger partial charge is 0.337 e. The maximum absolute atomic E-state index is 11.4. The summed E-state index contributed by atoms with van der Waals surface area (Å²) in [6, 6.07) is 5.05. The van der Waals surface area contributed by atoms with Crippen LogP contribution in [0, 0.1) is 0 Å². The Hall–Kier alpha value is -1.84. The summed E-state index contributed by atoms with van der Waals surface area (Å²) in [5.41, 5.74) is 0.117. The zero-order chi connectivity index (χ0) is 15.6. The van der Waals surface area contributed by atoms with Crippen LogP contribution in [0.25, 0.3) is 0 Å². The highest BCUT2D eigenvalue weighted by molar-refractivity contribution is 5.89. The van der Waals surface area contributed by atoms with E-state index >= 15 is 0 Å². The van der Waals surface area contributed by atoms with Gasteiger partial charge in [0.15, 0.2) is 0 Å². The number of aryl methyl sites for hydroxylation is 1. The molecule has 1 rings (SSSR count). The van der Waals surface area contributed by atoms with E-state index in [2.05, 4.69) is 9.47 Å². The van der Waals surface area contributed by atoms with Crippen molar-refractivity contribution in [1.82, 2.24) is 0 Å². The van der Waals surface area contributed by atoms with Crippen molar-refractivity contribution in [2.24, 2.45) is 0 Å². The number of benzene rings is 1. The second kappa shape index (κ2) is 5.90. The van der Waals surface area contributed by atoms with E-state index in [0.29, 0.717) is 0 Å². The van der Waals surface area contributed by atoms with Gasteiger partial charge in [-0.2, -0.15) is 0 Å². The number of carbonyl (C=O) groups excluding carboxylic acids is 2. The molecular formula is C12H14O4. The molecule has 0 aliphatic heterocycles. The quantitative estimate of drug-likeness (QED) is 0.731. The molecule has 0 fully saturated rings. The van der Waals surface area contributed by atoms with Gasteiger partial charge in [0.1, 0.15) is 0 Å². The van der Waals surface area contributed by atoms with E-state index in [1.165, 1.54) is 31.4 Å². The molecule has 86 valence electrons. The van der Waals surface area contributed by atoms with Crippen molar-refractivity contribution in [3.63, 3.8) is 0 Å². The van der Waals surface area contributed by atoms with Crippen molar-refractivity contribution in [3.8, 4) is 0 Å². The van der Waals surface area contributed by atoms with E-state index in [9.17, 15) is 9.59 Å². The van der Waals surface area contributed by atoms with Crippen molar-refractivity contribution in [1.29, 1.82) is 0 Å². The second-order valence-electron chi connectivity index (χ2n) is 2.81. The monoisotopic (exact) mass is 226 g/mol. The zero-order valence-corrected chi connectivity index (χ0v) is 8.94. The molecule has 0 N–H and O–H groups in total. The van der Waals surface area contributed by atoms with Crippen LogP contribution in [0.1, 0.15) is 27.8 Å². The van der Waals surface area contributed by atoms with Gasteiger partial charge >= 0.3 is 11.9 Å². The SMILES string of the molecule is [2H]C([2H])(C(=O)OC)C([2H])([2H])c1ccc(C(=O)OC)cc1. The maximum atomic E-state index is 11.4. The normalized spacial score (nSPS) is 15.1. The van der Waals surface area contributed by atoms with Crippen LogP contribution in [-0.2, 0) is 20.6 Å². The molecule has 0 spiro atoms. The first-order valence-electron chi connectivity index (χ1n) is 6.45. The summed E-state index contributed by atoms with van der Waals surface area (Å²) in [4.78, 5) is 22.6. The van der Waals surface area contributed by atoms with E-state index in [1.807, 2.05) is 0 Å². The largest absolute Gasteiger partial charge is 0.469 e. The first kappa shape index (κ1) is 7.44. The van der Waals surface area contributed by atoms with Crippen molar-refractivity contribution in [3.05, 3.63) is 35.4 Å². The minimum absolute atomic E-state index is 0.0828. The Balaban J connectivity index is 3.16. The standard InChI is InChI=1S/C12H14O4/c1-15-11(13)8-5-9-3-6-10(7-4-9)12(14)16-2/h3-4,6-7H,5,8H2,1-2H3/i5D2,8D2. The Labute approximate surface area is 99.8 Å². The third-order valence-electron chi connectivity index (χ3n) is 1.80. The highest BCUT2D eigenvalue weighted by Gasteiger charge is 2.05. The zero-order valence-electron chi connectivity index (χ0n) is 12.9. The molecule has 0 aliphatic carbocycles. The fourth-order valence-corrected chi connectivity index (χ4v) is 0.982. The van der Waals surface area contributed by atoms with Crippen molar-refractivity contribution in [2.75, 3.05) is 14.2 Å². The Bertz CT molecular complexity index is 511. The number of hydrogen-bond donors (Lipinski definition) is 0. The average Bonchev–Trinajstić information content (AvgIpc) is 2.45. The third-order valence-corrected chi connectivity index (χ3v) is 1.80. The minimum atomic E-state index is -2.85. The number of esters is 2. The Morgan fingerprint density at radius 2 is 1.81 bits per heavy atom. The number of hydrogen-bond acceptors (Lipinski definition) is 4. The van der Waals surface area contributed by atoms with Gasteiger partial charge in [-0.15, -0.1) is 0 Å². The lowest BCUT2D eigenvalue weighted by Gasteiger charge is -2.02. The molecule has 0 unspecified atom stereocenters. The molecular weight excluding hydrogens is 208 g/mol. The lowest BCUT2D eigenvalue weighted by molar-refractivity contribution is -0.140. The molecule has 0 amide bonds. The molecule has 0 saturated carbocycles. The fourth-order valence-electron chi connectivity index (χ4n) is 0.982. The summed E-state index contributed by atoms with van der Waals surface area (Å²) in [6.07, 6.45) is -5.46. The first-order chi connectivity index (χ1) is 9.18. The maximum Gasteiger partial charge on any atom is 0.337 e. The van der Waals surface area contributed by atoms with Crippen LogP contribution in [-0.4, -0.2) is 26.2 Å². The van der Waals surface area contributed by atoms with Crippen LogP contribution >= 0.6 is 0 Å². The minimum Gasteiger partial charge on any atom is -0.469 e. The summed E-state index contributed by atoms with van der Waals surface area (Å²) in [5, 5.41) is 0. The third kappa shape index (κ3) is 3.38. The van der Waals surface area contributed by atoms with E-state index in [1.54, 1.807) is 0 Å². The molecule has 1 aromatic rings. The van der Waals surface area contributed by atoms with E-state index in [0.717, 1.165) is 7.11 Å². The number of ether oxygens (including phenoxy) is 2. The molecule has 0 heterocycles. The van der Waals surface area contributed by atoms with Gasteiger partial charge in [-0.25, -0.2) is 4.79 Å². The van der Waals surface area contributed by atoms with Crippen molar-refractivity contribution in [2.45, 2.75) is 12.7 Å². The van der Waals surface area contributed by atoms with Gasteiger partial charge in [-0.1, -0.05) is 12.1 Å². The van der Waals surface area contributed by atoms with Gasteiger partial charge in [0.05, 0.1) is 19.8 Å². The summed E-state index contributed by atoms with van der Waals surface area (Å²) < 4.78 is 39.5. The summed E-state index contributed by atoms with van der Waals surface area (Å²) >= 11 is 0. The summed E-state index contributed by atoms with van der Waals surface area (Å²) in [6.45, 7) is 0. The Kier molecular flexibility index (Phi) is 2.74. The van der Waals surface area contributed by atoms with Crippen molar-refractivity contribution < 1.29 is 24.5 Å². The number of methoxy groups -OCH3 is 2. The van der Waals surface area contributed by atoms with E-state index < -0.39 is 24.7 Å². The van der Waals surface area contributed by atoms with Crippen LogP contribution in [0.5, 0.6) is 0 Å². The molecule has 0 bridgehead atoms. The topological polar surface area (TPSA) is 52.6 Å². The highest BCUT2D eigenvalue weighted by atomic mass is 16.5. The number of rotatable bonds is 4. The van der Waals surface area contributed by atoms with E-state index in [-0.39, 0.29) is 11.1 Å². The van der Waals surface area contributed by atoms with E-state index in [4.69, 9.17) is 5.48 Å². The molecule has 1 aromatic carbocycles. The fraction of sp³-hybridized carbons (Fsp3) is 0.333. The van der Waals surface area contributed by atoms with Crippen LogP contribution in [0.3, 0.4) is 0 Å². The van der Waals surface area contributed by atoms with Crippen LogP contribution in [0.2, 0.25) is 0 Å². The second-order valence-corrected chi connectivity index (χ2v) is 2.81. The molecule has 0 aromatic heterocycles. The molecule has 0 aliphatic rings. The predicted molar refractivity (Wildman–Crippen MR) is 58.1 cm³/mol. The predicted octanol–water partition coefficient (Wildman–Crippen LogP) is 1.58. The molecule has 4 nitrogen and oxygen atoms in total. The Morgan fingerprint density at radius 3 is 2.31 bits per heavy atom. The van der Waals surface area contributed by atoms with Crippen LogP contribution in [0.15, 0.2) is 24.3 Å². The lowest BCUT2D eigenvalue weighted by atomic mass is 10.1. The van der Waals surface area contributed by atoms with Gasteiger partial charge in [-0.3, -0.25) is 4.79 Å². The molecule has 0 saturated heterocycles. The number of carbonyl (C=O) groups is 2. The first-order valence-corrected chi connectivity index (χ1v) is 4.45. The molecule has 4 heteroatoms. The summed E-state index contributed by atoms with van der Waals surface area (Å²) in [7, 11) is 2.20. The average molecular weight is 226 g/mol. The van der Waals surface area contributed by atoms with Crippen molar-refractivity contribution >= 4 is 11.9 Å². The molecule has 0 atom stereocenters. The van der Waals surface area contributed by atoms with Crippen LogP contribution < -0.4 is 0 Å². The van der Waals surface area contributed by atoms with Gasteiger partial charge in [0.25, 0.3) is 0 Å². The Morgan fingerprint density at radius 1 is 1.19 bits per heavy atom. The molecule has 0 radical (unpaired) electrons. The van der Waals surface area contributed by atoms with Gasteiger partial charge in [-0.05, 0) is 24.1 Å². The lowest BCUT2D eigenvalue weighted by Crippen LogP contribution is -2.03. The van der Waals surface area contributed by atoms with Crippen LogP contribution in [0.4, 0.5) is 0 Å². The van der Waals surface area contributed by atoms with Gasteiger partial charge in [0, 0.05) is 11.9 Å². The van der Waals surface area contributed by atoms with Gasteiger partial charge in [0.2, 0.25) is 0 Å². The highest BCUT2D eigenvalue weighted by Crippen LogP contribution is 2.08. The summed E-state index contributed by atoms with van der Waals surface area (Å²) in [5.74, 6) is -1.90.